The van der Waals surface area contributed by atoms with E-state index < -0.39 is 5.97 Å². The molecule has 4 aromatic heterocycles. The molecule has 49 heavy (non-hydrogen) atoms. The minimum atomic E-state index is -1.09. The van der Waals surface area contributed by atoms with E-state index in [0.717, 1.165) is 25.3 Å². The van der Waals surface area contributed by atoms with E-state index in [-0.39, 0.29) is 23.4 Å². The van der Waals surface area contributed by atoms with Crippen LogP contribution < -0.4 is 19.9 Å². The largest absolute Gasteiger partial charge is 0.481 e. The summed E-state index contributed by atoms with van der Waals surface area (Å²) in [6, 6.07) is 9.89. The lowest BCUT2D eigenvalue weighted by atomic mass is 10.1. The smallest absolute Gasteiger partial charge is 0.339 e. The van der Waals surface area contributed by atoms with Gasteiger partial charge in [0.1, 0.15) is 17.5 Å². The number of carbonyl (C=O) groups is 2. The van der Waals surface area contributed by atoms with Gasteiger partial charge in [-0.3, -0.25) is 4.79 Å². The van der Waals surface area contributed by atoms with Gasteiger partial charge in [0.25, 0.3) is 5.91 Å². The van der Waals surface area contributed by atoms with Crippen LogP contribution in [0.4, 0.5) is 5.82 Å². The van der Waals surface area contributed by atoms with Crippen molar-refractivity contribution >= 4 is 30.1 Å². The average Bonchev–Trinajstić information content (AvgIpc) is 3.68. The standard InChI is InChI=1S/C21H21N7O3.C7H8N2O3.C2H4N2.C2H6/c1-14-15(12-22)7-8-23-20(14)31-16-4-3-11-27(13-16)21(29)17-5-6-18(30-2)26-19(17)28-24-9-10-25-28;1-12-5-3-2-4(7(10)11)6(8)9-5;3-1-2-4;1-2/h5-10,16H,3-4,11,13H2,1-2H3;2-3H,1H3,(H2,8,9)(H,10,11);1-4H;1-2H3/t16-;;;/m1.../s1. The number of hydrogen-bond donors (Lipinski definition) is 4. The molecular formula is C32H39N11O6. The lowest BCUT2D eigenvalue weighted by Crippen LogP contribution is -2.44. The summed E-state index contributed by atoms with van der Waals surface area (Å²) in [5, 5.41) is 38.2. The molecule has 0 bridgehead atoms. The van der Waals surface area contributed by atoms with E-state index in [9.17, 15) is 14.9 Å². The van der Waals surface area contributed by atoms with Crippen molar-refractivity contribution in [1.29, 1.82) is 16.1 Å². The second kappa shape index (κ2) is 19.9. The van der Waals surface area contributed by atoms with Gasteiger partial charge >= 0.3 is 5.97 Å². The molecule has 1 fully saturated rings. The Hall–Kier alpha value is -6.44. The van der Waals surface area contributed by atoms with Crippen molar-refractivity contribution in [2.24, 2.45) is 0 Å². The van der Waals surface area contributed by atoms with Crippen LogP contribution >= 0.6 is 0 Å². The fraction of sp³-hybridized carbons (Fsp3) is 0.312. The molecule has 0 aromatic carbocycles. The Bertz CT molecular complexity index is 1740. The number of aromatic nitrogens is 6. The molecule has 258 valence electrons. The Kier molecular flexibility index (Phi) is 15.8. The van der Waals surface area contributed by atoms with Gasteiger partial charge in [-0.25, -0.2) is 9.78 Å². The molecule has 0 unspecified atom stereocenters. The third kappa shape index (κ3) is 10.8. The third-order valence-corrected chi connectivity index (χ3v) is 6.54. The van der Waals surface area contributed by atoms with Gasteiger partial charge in [0.15, 0.2) is 5.82 Å². The number of carbonyl (C=O) groups excluding carboxylic acids is 1. The molecule has 5 heterocycles. The monoisotopic (exact) mass is 673 g/mol. The highest BCUT2D eigenvalue weighted by atomic mass is 16.5. The van der Waals surface area contributed by atoms with E-state index in [0.29, 0.717) is 53.2 Å². The molecule has 0 aliphatic carbocycles. The van der Waals surface area contributed by atoms with Crippen LogP contribution in [0.15, 0.2) is 48.9 Å². The molecule has 17 heteroatoms. The van der Waals surface area contributed by atoms with E-state index in [1.807, 2.05) is 13.8 Å². The second-order valence-corrected chi connectivity index (χ2v) is 9.50. The van der Waals surface area contributed by atoms with Gasteiger partial charge in [-0.15, -0.1) is 4.80 Å². The summed E-state index contributed by atoms with van der Waals surface area (Å²) in [4.78, 5) is 39.1. The van der Waals surface area contributed by atoms with Crippen LogP contribution in [0.3, 0.4) is 0 Å². The van der Waals surface area contributed by atoms with Crippen molar-refractivity contribution in [2.75, 3.05) is 33.0 Å². The topological polar surface area (TPSA) is 252 Å². The lowest BCUT2D eigenvalue weighted by molar-refractivity contribution is 0.0525. The van der Waals surface area contributed by atoms with Crippen LogP contribution in [-0.2, 0) is 0 Å². The Balaban J connectivity index is 0.000000384. The van der Waals surface area contributed by atoms with Crippen molar-refractivity contribution in [3.63, 3.8) is 0 Å². The zero-order chi connectivity index (χ0) is 36.3. The first kappa shape index (κ1) is 38.7. The summed E-state index contributed by atoms with van der Waals surface area (Å²) in [5.74, 6) is 0.0679. The number of nitrogen functional groups attached to an aromatic ring is 1. The summed E-state index contributed by atoms with van der Waals surface area (Å²) in [7, 11) is 2.94. The fourth-order valence-corrected chi connectivity index (χ4v) is 4.24. The number of nitrogens with one attached hydrogen (secondary N) is 2. The normalized spacial score (nSPS) is 12.9. The molecule has 1 aliphatic heterocycles. The van der Waals surface area contributed by atoms with Crippen LogP contribution in [0.25, 0.3) is 5.82 Å². The first-order chi connectivity index (χ1) is 23.7. The molecule has 17 nitrogen and oxygen atoms in total. The minimum absolute atomic E-state index is 0.0178. The molecule has 0 saturated carbocycles. The number of nitrogens with zero attached hydrogens (tertiary/aromatic N) is 8. The van der Waals surface area contributed by atoms with Gasteiger partial charge in [-0.2, -0.15) is 25.4 Å². The number of piperidine rings is 1. The number of nitriles is 1. The van der Waals surface area contributed by atoms with Gasteiger partial charge < -0.3 is 40.8 Å². The van der Waals surface area contributed by atoms with Gasteiger partial charge in [-0.05, 0) is 38.0 Å². The van der Waals surface area contributed by atoms with Gasteiger partial charge in [0.2, 0.25) is 17.6 Å². The summed E-state index contributed by atoms with van der Waals surface area (Å²) in [6.07, 6.45) is 7.77. The molecule has 1 atom stereocenters. The van der Waals surface area contributed by atoms with E-state index in [2.05, 4.69) is 31.2 Å². The third-order valence-electron chi connectivity index (χ3n) is 6.54. The number of anilines is 1. The number of hydrogen-bond acceptors (Lipinski definition) is 14. The Labute approximate surface area is 283 Å². The molecule has 5 rings (SSSR count). The number of methoxy groups -OCH3 is 2. The number of rotatable bonds is 8. The predicted molar refractivity (Wildman–Crippen MR) is 180 cm³/mol. The molecular weight excluding hydrogens is 634 g/mol. The summed E-state index contributed by atoms with van der Waals surface area (Å²) in [5.41, 5.74) is 6.90. The molecule has 0 radical (unpaired) electrons. The lowest BCUT2D eigenvalue weighted by Gasteiger charge is -2.33. The number of pyridine rings is 3. The van der Waals surface area contributed by atoms with Crippen molar-refractivity contribution in [3.8, 4) is 29.5 Å². The van der Waals surface area contributed by atoms with Gasteiger partial charge in [-0.1, -0.05) is 13.8 Å². The number of aromatic carboxylic acids is 1. The molecule has 1 aliphatic rings. The van der Waals surface area contributed by atoms with E-state index in [4.69, 9.17) is 35.9 Å². The number of carboxylic acids is 1. The number of amides is 1. The zero-order valence-electron chi connectivity index (χ0n) is 27.8. The number of ether oxygens (including phenoxy) is 3. The van der Waals surface area contributed by atoms with Crippen LogP contribution in [0.2, 0.25) is 0 Å². The van der Waals surface area contributed by atoms with Crippen LogP contribution in [0.1, 0.15) is 58.5 Å². The fourth-order valence-electron chi connectivity index (χ4n) is 4.24. The first-order valence-electron chi connectivity index (χ1n) is 14.9. The Morgan fingerprint density at radius 2 is 1.61 bits per heavy atom. The van der Waals surface area contributed by atoms with Gasteiger partial charge in [0, 0.05) is 42.9 Å². The molecule has 5 N–H and O–H groups in total. The quantitative estimate of drug-likeness (QED) is 0.195. The van der Waals surface area contributed by atoms with Crippen LogP contribution in [0, 0.1) is 29.1 Å². The van der Waals surface area contributed by atoms with Crippen molar-refractivity contribution < 1.29 is 28.9 Å². The van der Waals surface area contributed by atoms with Crippen LogP contribution in [0.5, 0.6) is 17.6 Å². The number of likely N-dealkylation sites (tertiary alicyclic amines) is 1. The summed E-state index contributed by atoms with van der Waals surface area (Å²) >= 11 is 0. The highest BCUT2D eigenvalue weighted by Crippen LogP contribution is 2.24. The molecule has 1 saturated heterocycles. The first-order valence-corrected chi connectivity index (χ1v) is 14.9. The van der Waals surface area contributed by atoms with Crippen molar-refractivity contribution in [1.82, 2.24) is 34.8 Å². The number of nitrogens with two attached hydrogens (primary N) is 1. The highest BCUT2D eigenvalue weighted by molar-refractivity contribution is 6.12. The predicted octanol–water partition coefficient (Wildman–Crippen LogP) is 3.61. The molecule has 4 aromatic rings. The Morgan fingerprint density at radius 3 is 2.16 bits per heavy atom. The van der Waals surface area contributed by atoms with Crippen molar-refractivity contribution in [3.05, 3.63) is 71.2 Å². The van der Waals surface area contributed by atoms with E-state index in [1.165, 1.54) is 43.5 Å². The second-order valence-electron chi connectivity index (χ2n) is 9.50. The van der Waals surface area contributed by atoms with Crippen molar-refractivity contribution in [2.45, 2.75) is 39.7 Å². The Morgan fingerprint density at radius 1 is 1.00 bits per heavy atom. The average molecular weight is 674 g/mol. The maximum atomic E-state index is 13.3. The van der Waals surface area contributed by atoms with E-state index >= 15 is 0 Å². The van der Waals surface area contributed by atoms with Crippen LogP contribution in [-0.4, -0.2) is 97.7 Å². The summed E-state index contributed by atoms with van der Waals surface area (Å²) in [6.45, 7) is 6.80. The SMILES string of the molecule is CC.COc1ccc(C(=O)N2CCC[C@@H](Oc3nccc(C#N)c3C)C2)c(-n2nccn2)n1.COc1ccc(C(=O)O)c(N)n1.N=CC=N. The zero-order valence-corrected chi connectivity index (χ0v) is 27.8. The van der Waals surface area contributed by atoms with Gasteiger partial charge in [0.05, 0.1) is 50.4 Å². The maximum absolute atomic E-state index is 13.3. The van der Waals surface area contributed by atoms with E-state index in [1.54, 1.807) is 36.2 Å². The summed E-state index contributed by atoms with van der Waals surface area (Å²) < 4.78 is 16.0. The molecule has 1 amide bonds. The number of carboxylic acid groups (broad SMARTS) is 1. The highest BCUT2D eigenvalue weighted by Gasteiger charge is 2.29. The maximum Gasteiger partial charge on any atom is 0.339 e. The minimum Gasteiger partial charge on any atom is -0.481 e. The molecule has 0 spiro atoms.